The number of benzene rings is 2. The molecular formula is C25H26F3N7O3. The van der Waals surface area contributed by atoms with Crippen LogP contribution in [-0.2, 0) is 0 Å². The number of aromatic nitrogens is 4. The van der Waals surface area contributed by atoms with Gasteiger partial charge in [0.1, 0.15) is 12.4 Å². The molecule has 200 valence electrons. The third-order valence-electron chi connectivity index (χ3n) is 4.97. The average Bonchev–Trinajstić information content (AvgIpc) is 3.45. The number of hydrazine groups is 1. The van der Waals surface area contributed by atoms with Gasteiger partial charge in [-0.3, -0.25) is 14.9 Å². The number of alkyl halides is 3. The fraction of sp³-hybridized carbons (Fsp3) is 0.200. The smallest absolute Gasteiger partial charge is 0.462 e. The van der Waals surface area contributed by atoms with Crippen LogP contribution in [0.2, 0.25) is 0 Å². The van der Waals surface area contributed by atoms with Gasteiger partial charge < -0.3 is 15.2 Å². The molecule has 0 saturated heterocycles. The molecule has 2 heterocycles. The summed E-state index contributed by atoms with van der Waals surface area (Å²) >= 11 is 0. The van der Waals surface area contributed by atoms with Crippen LogP contribution in [0.4, 0.5) is 18.9 Å². The molecule has 0 fully saturated rings. The van der Waals surface area contributed by atoms with E-state index in [4.69, 9.17) is 16.3 Å². The zero-order valence-corrected chi connectivity index (χ0v) is 20.6. The van der Waals surface area contributed by atoms with Gasteiger partial charge in [0, 0.05) is 29.8 Å². The summed E-state index contributed by atoms with van der Waals surface area (Å²) in [6, 6.07) is 11.8. The number of amides is 1. The van der Waals surface area contributed by atoms with Crippen molar-refractivity contribution in [3.63, 3.8) is 0 Å². The molecule has 0 aliphatic carbocycles. The number of halogens is 3. The zero-order valence-electron chi connectivity index (χ0n) is 20.6. The summed E-state index contributed by atoms with van der Waals surface area (Å²) in [4.78, 5) is 21.1. The molecule has 0 aliphatic heterocycles. The average molecular weight is 530 g/mol. The lowest BCUT2D eigenvalue weighted by Gasteiger charge is -2.18. The number of H-pyrrole nitrogens is 1. The van der Waals surface area contributed by atoms with Crippen molar-refractivity contribution in [2.45, 2.75) is 20.2 Å². The van der Waals surface area contributed by atoms with Gasteiger partial charge in [-0.25, -0.2) is 15.8 Å². The first kappa shape index (κ1) is 27.9. The first-order chi connectivity index (χ1) is 18.2. The van der Waals surface area contributed by atoms with Crippen molar-refractivity contribution in [1.82, 2.24) is 25.2 Å². The third kappa shape index (κ3) is 7.43. The quantitative estimate of drug-likeness (QED) is 0.132. The monoisotopic (exact) mass is 529 g/mol. The number of hydrogen-bond donors (Lipinski definition) is 3. The molecule has 0 bridgehead atoms. The number of carbonyl (C=O) groups excluding carboxylic acids is 1. The Morgan fingerprint density at radius 1 is 1.00 bits per heavy atom. The van der Waals surface area contributed by atoms with Gasteiger partial charge in [0.05, 0.1) is 17.8 Å². The second-order valence-corrected chi connectivity index (χ2v) is 7.45. The molecular weight excluding hydrogens is 503 g/mol. The Balaban J connectivity index is 0.00000195. The Kier molecular flexibility index (Phi) is 9.22. The van der Waals surface area contributed by atoms with E-state index in [2.05, 4.69) is 24.9 Å². The largest absolute Gasteiger partial charge is 0.573 e. The van der Waals surface area contributed by atoms with Crippen LogP contribution >= 0.6 is 0 Å². The van der Waals surface area contributed by atoms with E-state index >= 15 is 0 Å². The van der Waals surface area contributed by atoms with Gasteiger partial charge in [0.2, 0.25) is 0 Å². The standard InChI is InChI=1S/C23H20F3N7O3.C2H6/c24-23(25,26)36-17-4-1-14(2-5-17)15-3-6-19(27)18(11-15)21(34)33(28)9-10-35-22-29-12-16(13-30-22)20-7-8-31-32-20;1-2/h1-8,11-13H,9-10,27-28H2,(H,31,32);1-2H3. The minimum absolute atomic E-state index is 0.0115. The number of ether oxygens (including phenoxy) is 2. The van der Waals surface area contributed by atoms with Crippen molar-refractivity contribution in [3.8, 4) is 34.1 Å². The molecule has 2 aromatic heterocycles. The van der Waals surface area contributed by atoms with Gasteiger partial charge in [-0.2, -0.15) is 5.10 Å². The zero-order chi connectivity index (χ0) is 27.7. The highest BCUT2D eigenvalue weighted by atomic mass is 19.4. The van der Waals surface area contributed by atoms with Gasteiger partial charge >= 0.3 is 12.4 Å². The molecule has 0 aliphatic rings. The molecule has 2 aromatic carbocycles. The minimum Gasteiger partial charge on any atom is -0.462 e. The van der Waals surface area contributed by atoms with Crippen LogP contribution in [0.3, 0.4) is 0 Å². The lowest BCUT2D eigenvalue weighted by atomic mass is 10.0. The van der Waals surface area contributed by atoms with E-state index in [0.717, 1.165) is 16.3 Å². The topological polar surface area (TPSA) is 145 Å². The lowest BCUT2D eigenvalue weighted by molar-refractivity contribution is -0.274. The van der Waals surface area contributed by atoms with E-state index in [1.54, 1.807) is 30.7 Å². The summed E-state index contributed by atoms with van der Waals surface area (Å²) in [7, 11) is 0. The number of aromatic amines is 1. The van der Waals surface area contributed by atoms with Gasteiger partial charge in [0.15, 0.2) is 0 Å². The van der Waals surface area contributed by atoms with Crippen LogP contribution in [0.15, 0.2) is 67.1 Å². The Labute approximate surface area is 216 Å². The van der Waals surface area contributed by atoms with Crippen molar-refractivity contribution in [1.29, 1.82) is 0 Å². The summed E-state index contributed by atoms with van der Waals surface area (Å²) < 4.78 is 46.4. The highest BCUT2D eigenvalue weighted by molar-refractivity contribution is 6.00. The third-order valence-corrected chi connectivity index (χ3v) is 4.97. The highest BCUT2D eigenvalue weighted by Gasteiger charge is 2.31. The van der Waals surface area contributed by atoms with Crippen LogP contribution in [0.1, 0.15) is 24.2 Å². The van der Waals surface area contributed by atoms with E-state index in [1.807, 2.05) is 13.8 Å². The van der Waals surface area contributed by atoms with E-state index < -0.39 is 12.3 Å². The SMILES string of the molecule is CC.Nc1ccc(-c2ccc(OC(F)(F)F)cc2)cc1C(=O)N(N)CCOc1ncc(-c2ccn[nH]2)cn1. The molecule has 0 spiro atoms. The highest BCUT2D eigenvalue weighted by Crippen LogP contribution is 2.28. The van der Waals surface area contributed by atoms with E-state index in [-0.39, 0.29) is 36.2 Å². The van der Waals surface area contributed by atoms with Crippen LogP contribution in [0, 0.1) is 0 Å². The number of rotatable bonds is 8. The Hall–Kier alpha value is -4.65. The number of anilines is 1. The Morgan fingerprint density at radius 3 is 2.26 bits per heavy atom. The Bertz CT molecular complexity index is 1310. The predicted molar refractivity (Wildman–Crippen MR) is 135 cm³/mol. The minimum atomic E-state index is -4.79. The molecule has 0 saturated carbocycles. The van der Waals surface area contributed by atoms with Crippen molar-refractivity contribution >= 4 is 11.6 Å². The van der Waals surface area contributed by atoms with Crippen LogP contribution in [-0.4, -0.2) is 50.6 Å². The van der Waals surface area contributed by atoms with Crippen LogP contribution in [0.5, 0.6) is 11.8 Å². The van der Waals surface area contributed by atoms with Crippen molar-refractivity contribution in [3.05, 3.63) is 72.7 Å². The van der Waals surface area contributed by atoms with Crippen LogP contribution in [0.25, 0.3) is 22.4 Å². The summed E-state index contributed by atoms with van der Waals surface area (Å²) in [6.07, 6.45) is -0.0466. The fourth-order valence-electron chi connectivity index (χ4n) is 3.21. The normalized spacial score (nSPS) is 10.8. The van der Waals surface area contributed by atoms with E-state index in [0.29, 0.717) is 11.1 Å². The molecule has 0 unspecified atom stereocenters. The molecule has 1 amide bonds. The second-order valence-electron chi connectivity index (χ2n) is 7.45. The molecule has 38 heavy (non-hydrogen) atoms. The summed E-state index contributed by atoms with van der Waals surface area (Å²) in [5, 5.41) is 7.60. The number of carbonyl (C=O) groups is 1. The Morgan fingerprint density at radius 2 is 1.66 bits per heavy atom. The first-order valence-electron chi connectivity index (χ1n) is 11.5. The fourth-order valence-corrected chi connectivity index (χ4v) is 3.21. The number of nitrogens with one attached hydrogen (secondary N) is 1. The van der Waals surface area contributed by atoms with Gasteiger partial charge in [0.25, 0.3) is 5.91 Å². The predicted octanol–water partition coefficient (Wildman–Crippen LogP) is 4.44. The molecule has 10 nitrogen and oxygen atoms in total. The second kappa shape index (κ2) is 12.5. The molecule has 4 aromatic rings. The maximum atomic E-state index is 12.9. The van der Waals surface area contributed by atoms with Crippen molar-refractivity contribution in [2.75, 3.05) is 18.9 Å². The lowest BCUT2D eigenvalue weighted by Crippen LogP contribution is -2.40. The van der Waals surface area contributed by atoms with Gasteiger partial charge in [-0.05, 0) is 41.5 Å². The van der Waals surface area contributed by atoms with Crippen LogP contribution < -0.4 is 21.1 Å². The van der Waals surface area contributed by atoms with Crippen molar-refractivity contribution < 1.29 is 27.4 Å². The molecule has 0 radical (unpaired) electrons. The first-order valence-corrected chi connectivity index (χ1v) is 11.5. The van der Waals surface area contributed by atoms with Gasteiger partial charge in [-0.1, -0.05) is 32.0 Å². The number of nitrogens with two attached hydrogens (primary N) is 2. The summed E-state index contributed by atoms with van der Waals surface area (Å²) in [5.41, 5.74) is 8.89. The summed E-state index contributed by atoms with van der Waals surface area (Å²) in [5.74, 6) is 4.99. The van der Waals surface area contributed by atoms with E-state index in [9.17, 15) is 18.0 Å². The maximum Gasteiger partial charge on any atom is 0.573 e. The van der Waals surface area contributed by atoms with Crippen molar-refractivity contribution in [2.24, 2.45) is 5.84 Å². The number of nitrogen functional groups attached to an aromatic ring is 1. The molecule has 4 rings (SSSR count). The maximum absolute atomic E-state index is 12.9. The van der Waals surface area contributed by atoms with Gasteiger partial charge in [-0.15, -0.1) is 13.2 Å². The molecule has 5 N–H and O–H groups in total. The number of nitrogens with zero attached hydrogens (tertiary/aromatic N) is 4. The van der Waals surface area contributed by atoms with E-state index in [1.165, 1.54) is 36.4 Å². The molecule has 0 atom stereocenters. The summed E-state index contributed by atoms with van der Waals surface area (Å²) in [6.45, 7) is 4.03. The molecule has 13 heteroatoms. The number of hydrogen-bond acceptors (Lipinski definition) is 8.